The maximum absolute atomic E-state index is 12.4. The van der Waals surface area contributed by atoms with Crippen LogP contribution in [0.15, 0.2) is 22.9 Å². The van der Waals surface area contributed by atoms with Crippen molar-refractivity contribution in [1.29, 1.82) is 0 Å². The van der Waals surface area contributed by atoms with Gasteiger partial charge >= 0.3 is 0 Å². The summed E-state index contributed by atoms with van der Waals surface area (Å²) in [6, 6.07) is 1.43. The van der Waals surface area contributed by atoms with E-state index in [4.69, 9.17) is 0 Å². The number of carbonyl (C=O) groups is 2. The van der Waals surface area contributed by atoms with Gasteiger partial charge in [0.25, 0.3) is 0 Å². The van der Waals surface area contributed by atoms with Crippen LogP contribution in [-0.4, -0.2) is 33.3 Å². The fourth-order valence-electron chi connectivity index (χ4n) is 2.34. The average molecular weight is 340 g/mol. The Balaban J connectivity index is 2.34. The van der Waals surface area contributed by atoms with E-state index in [-0.39, 0.29) is 11.8 Å². The Hall–Kier alpha value is -1.43. The molecule has 0 radical (unpaired) electrons. The van der Waals surface area contributed by atoms with Gasteiger partial charge in [0, 0.05) is 23.4 Å². The first-order valence-corrected chi connectivity index (χ1v) is 7.39. The largest absolute Gasteiger partial charge is 0.343 e. The molecule has 1 aromatic rings. The second-order valence-electron chi connectivity index (χ2n) is 5.26. The van der Waals surface area contributed by atoms with Crippen LogP contribution in [0.2, 0.25) is 0 Å². The number of hydrogen-bond donors (Lipinski definition) is 1. The Bertz CT molecular complexity index is 549. The molecule has 108 valence electrons. The highest BCUT2D eigenvalue weighted by Gasteiger charge is 2.46. The lowest BCUT2D eigenvalue weighted by atomic mass is 9.90. The lowest BCUT2D eigenvalue weighted by Crippen LogP contribution is -2.68. The maximum Gasteiger partial charge on any atom is 0.246 e. The first-order chi connectivity index (χ1) is 9.38. The Morgan fingerprint density at radius 2 is 2.15 bits per heavy atom. The number of nitrogens with one attached hydrogen (secondary N) is 1. The zero-order chi connectivity index (χ0) is 14.9. The third-order valence-electron chi connectivity index (χ3n) is 3.86. The monoisotopic (exact) mass is 339 g/mol. The number of halogens is 1. The molecule has 1 N–H and O–H groups in total. The maximum atomic E-state index is 12.4. The number of amides is 2. The lowest BCUT2D eigenvalue weighted by Gasteiger charge is -2.45. The van der Waals surface area contributed by atoms with E-state index in [9.17, 15) is 9.59 Å². The molecule has 2 heterocycles. The van der Waals surface area contributed by atoms with Gasteiger partial charge in [-0.3, -0.25) is 14.6 Å². The van der Waals surface area contributed by atoms with Crippen LogP contribution in [0.1, 0.15) is 32.8 Å². The van der Waals surface area contributed by atoms with E-state index >= 15 is 0 Å². The molecule has 0 bridgehead atoms. The van der Waals surface area contributed by atoms with Gasteiger partial charge in [-0.1, -0.05) is 6.92 Å². The summed E-state index contributed by atoms with van der Waals surface area (Å²) in [6.07, 6.45) is 3.97. The summed E-state index contributed by atoms with van der Waals surface area (Å²) in [4.78, 5) is 30.4. The van der Waals surface area contributed by atoms with Crippen molar-refractivity contribution in [1.82, 2.24) is 15.2 Å². The van der Waals surface area contributed by atoms with Gasteiger partial charge in [-0.2, -0.15) is 0 Å². The Kier molecular flexibility index (Phi) is 4.13. The zero-order valence-electron chi connectivity index (χ0n) is 11.8. The number of pyridine rings is 1. The first kappa shape index (κ1) is 15.0. The van der Waals surface area contributed by atoms with E-state index in [0.29, 0.717) is 13.0 Å². The first-order valence-electron chi connectivity index (χ1n) is 6.60. The normalized spacial score (nSPS) is 26.6. The van der Waals surface area contributed by atoms with Crippen molar-refractivity contribution in [3.63, 3.8) is 0 Å². The minimum atomic E-state index is -0.814. The van der Waals surface area contributed by atoms with Gasteiger partial charge in [-0.15, -0.1) is 0 Å². The molecular formula is C14H18BrN3O2. The summed E-state index contributed by atoms with van der Waals surface area (Å²) in [5.74, 6) is -0.163. The zero-order valence-corrected chi connectivity index (χ0v) is 13.4. The van der Waals surface area contributed by atoms with Gasteiger partial charge in [0.15, 0.2) is 0 Å². The number of piperazine rings is 1. The van der Waals surface area contributed by atoms with Crippen molar-refractivity contribution in [2.75, 3.05) is 0 Å². The number of nitrogens with zero attached hydrogens (tertiary/aromatic N) is 2. The van der Waals surface area contributed by atoms with Crippen LogP contribution in [0.25, 0.3) is 0 Å². The topological polar surface area (TPSA) is 62.3 Å². The molecule has 0 saturated carbocycles. The van der Waals surface area contributed by atoms with Crippen LogP contribution in [-0.2, 0) is 16.1 Å². The minimum absolute atomic E-state index is 0.0612. The Morgan fingerprint density at radius 1 is 1.45 bits per heavy atom. The van der Waals surface area contributed by atoms with Gasteiger partial charge < -0.3 is 10.2 Å². The molecule has 6 heteroatoms. The van der Waals surface area contributed by atoms with Crippen LogP contribution in [0, 0.1) is 0 Å². The number of rotatable bonds is 3. The van der Waals surface area contributed by atoms with Gasteiger partial charge in [-0.05, 0) is 47.8 Å². The Morgan fingerprint density at radius 3 is 2.75 bits per heavy atom. The summed E-state index contributed by atoms with van der Waals surface area (Å²) < 4.78 is 0.857. The van der Waals surface area contributed by atoms with E-state index in [0.717, 1.165) is 10.0 Å². The van der Waals surface area contributed by atoms with E-state index in [2.05, 4.69) is 26.2 Å². The molecule has 0 aliphatic carbocycles. The van der Waals surface area contributed by atoms with E-state index < -0.39 is 11.6 Å². The van der Waals surface area contributed by atoms with Crippen LogP contribution in [0.5, 0.6) is 0 Å². The number of aromatic nitrogens is 1. The summed E-state index contributed by atoms with van der Waals surface area (Å²) in [5.41, 5.74) is 0.0839. The molecular weight excluding hydrogens is 322 g/mol. The van der Waals surface area contributed by atoms with Crippen LogP contribution >= 0.6 is 15.9 Å². The van der Waals surface area contributed by atoms with Gasteiger partial charge in [0.1, 0.15) is 11.6 Å². The number of hydrogen-bond acceptors (Lipinski definition) is 3. The fraction of sp³-hybridized carbons (Fsp3) is 0.500. The van der Waals surface area contributed by atoms with Crippen molar-refractivity contribution < 1.29 is 9.59 Å². The average Bonchev–Trinajstić information content (AvgIpc) is 2.41. The summed E-state index contributed by atoms with van der Waals surface area (Å²) >= 11 is 3.37. The lowest BCUT2D eigenvalue weighted by molar-refractivity contribution is -0.157. The fourth-order valence-corrected chi connectivity index (χ4v) is 2.75. The van der Waals surface area contributed by atoms with Gasteiger partial charge in [0.2, 0.25) is 11.8 Å². The van der Waals surface area contributed by atoms with E-state index in [1.54, 1.807) is 31.1 Å². The molecule has 1 fully saturated rings. The van der Waals surface area contributed by atoms with Crippen molar-refractivity contribution in [2.24, 2.45) is 0 Å². The molecule has 2 amide bonds. The third kappa shape index (κ3) is 2.57. The molecule has 1 aromatic heterocycles. The molecule has 20 heavy (non-hydrogen) atoms. The summed E-state index contributed by atoms with van der Waals surface area (Å²) in [7, 11) is 0. The third-order valence-corrected chi connectivity index (χ3v) is 4.29. The predicted octanol–water partition coefficient (Wildman–Crippen LogP) is 1.86. The van der Waals surface area contributed by atoms with E-state index in [1.165, 1.54) is 0 Å². The van der Waals surface area contributed by atoms with Crippen molar-refractivity contribution in [3.8, 4) is 0 Å². The summed E-state index contributed by atoms with van der Waals surface area (Å²) in [5, 5.41) is 2.74. The molecule has 1 aliphatic heterocycles. The minimum Gasteiger partial charge on any atom is -0.343 e. The van der Waals surface area contributed by atoms with Crippen molar-refractivity contribution >= 4 is 27.7 Å². The standard InChI is InChI=1S/C14H18BrN3O2/c1-4-14(3)13(20)17-9(2)12(19)18(14)8-10-5-11(15)7-16-6-10/h5-7,9H,4,8H2,1-3H3,(H,17,20). The highest BCUT2D eigenvalue weighted by molar-refractivity contribution is 9.10. The van der Waals surface area contributed by atoms with Crippen LogP contribution in [0.3, 0.4) is 0 Å². The van der Waals surface area contributed by atoms with Crippen molar-refractivity contribution in [3.05, 3.63) is 28.5 Å². The van der Waals surface area contributed by atoms with Gasteiger partial charge in [-0.25, -0.2) is 0 Å². The second-order valence-corrected chi connectivity index (χ2v) is 6.17. The molecule has 0 aromatic carbocycles. The highest BCUT2D eigenvalue weighted by atomic mass is 79.9. The molecule has 1 aliphatic rings. The molecule has 5 nitrogen and oxygen atoms in total. The molecule has 2 atom stereocenters. The second kappa shape index (κ2) is 5.52. The van der Waals surface area contributed by atoms with Crippen molar-refractivity contribution in [2.45, 2.75) is 45.3 Å². The summed E-state index contributed by atoms with van der Waals surface area (Å²) in [6.45, 7) is 5.81. The number of carbonyl (C=O) groups excluding carboxylic acids is 2. The SMILES string of the molecule is CCC1(C)C(=O)NC(C)C(=O)N1Cc1cncc(Br)c1. The van der Waals surface area contributed by atoms with Crippen LogP contribution in [0.4, 0.5) is 0 Å². The van der Waals surface area contributed by atoms with Crippen LogP contribution < -0.4 is 5.32 Å². The molecule has 2 unspecified atom stereocenters. The smallest absolute Gasteiger partial charge is 0.246 e. The van der Waals surface area contributed by atoms with Gasteiger partial charge in [0.05, 0.1) is 0 Å². The Labute approximate surface area is 126 Å². The molecule has 0 spiro atoms. The molecule has 1 saturated heterocycles. The van der Waals surface area contributed by atoms with E-state index in [1.807, 2.05) is 13.0 Å². The molecule has 2 rings (SSSR count). The quantitative estimate of drug-likeness (QED) is 0.914. The predicted molar refractivity (Wildman–Crippen MR) is 78.8 cm³/mol. The highest BCUT2D eigenvalue weighted by Crippen LogP contribution is 2.27.